The Morgan fingerprint density at radius 1 is 1.22 bits per heavy atom. The fraction of sp³-hybridized carbons (Fsp3) is 0.545. The maximum Gasteiger partial charge on any atom is 0.324 e. The number of hydrogen-bond acceptors (Lipinski definition) is 4. The third kappa shape index (κ3) is 4.96. The lowest BCUT2D eigenvalue weighted by atomic mass is 10.4. The Balaban J connectivity index is 2.44. The minimum atomic E-state index is -1.47. The number of carboxylic acid groups (broad SMARTS) is 1. The first-order chi connectivity index (χ1) is 8.49. The van der Waals surface area contributed by atoms with Crippen molar-refractivity contribution in [1.29, 1.82) is 0 Å². The van der Waals surface area contributed by atoms with E-state index in [-0.39, 0.29) is 0 Å². The van der Waals surface area contributed by atoms with Crippen LogP contribution in [0.5, 0.6) is 0 Å². The smallest absolute Gasteiger partial charge is 0.324 e. The van der Waals surface area contributed by atoms with Crippen LogP contribution >= 0.6 is 0 Å². The van der Waals surface area contributed by atoms with Crippen LogP contribution in [0.25, 0.3) is 0 Å². The van der Waals surface area contributed by atoms with Gasteiger partial charge >= 0.3 is 6.03 Å². The molecule has 0 aromatic carbocycles. The fourth-order valence-electron chi connectivity index (χ4n) is 1.71. The van der Waals surface area contributed by atoms with Crippen LogP contribution in [0.1, 0.15) is 6.42 Å². The Bertz CT molecular complexity index is 367. The SMILES string of the molecule is C[NH+]1CCCN(C(=O)NC(=O)/C=C/C(=O)[O-])CC1. The van der Waals surface area contributed by atoms with Crippen LogP contribution in [0.3, 0.4) is 0 Å². The molecule has 0 radical (unpaired) electrons. The number of imide groups is 1. The van der Waals surface area contributed by atoms with Crippen molar-refractivity contribution in [1.82, 2.24) is 10.2 Å². The number of amides is 3. The molecule has 1 aliphatic rings. The van der Waals surface area contributed by atoms with Crippen molar-refractivity contribution >= 4 is 17.9 Å². The van der Waals surface area contributed by atoms with Crippen molar-refractivity contribution in [2.24, 2.45) is 0 Å². The Labute approximate surface area is 105 Å². The number of hydrogen-bond donors (Lipinski definition) is 2. The van der Waals surface area contributed by atoms with Gasteiger partial charge in [0.2, 0.25) is 0 Å². The summed E-state index contributed by atoms with van der Waals surface area (Å²) in [6.07, 6.45) is 2.23. The van der Waals surface area contributed by atoms with Gasteiger partial charge in [-0.25, -0.2) is 4.79 Å². The summed E-state index contributed by atoms with van der Waals surface area (Å²) < 4.78 is 0. The summed E-state index contributed by atoms with van der Waals surface area (Å²) in [5, 5.41) is 12.2. The molecule has 1 fully saturated rings. The second-order valence-corrected chi connectivity index (χ2v) is 4.24. The summed E-state index contributed by atoms with van der Waals surface area (Å²) in [7, 11) is 2.05. The van der Waals surface area contributed by atoms with E-state index in [2.05, 4.69) is 12.4 Å². The van der Waals surface area contributed by atoms with Crippen LogP contribution in [0.15, 0.2) is 12.2 Å². The normalized spacial score (nSPS) is 20.5. The number of aliphatic carboxylic acids is 1. The first-order valence-corrected chi connectivity index (χ1v) is 5.79. The average molecular weight is 255 g/mol. The second kappa shape index (κ2) is 6.75. The number of carbonyl (C=O) groups excluding carboxylic acids is 3. The predicted molar refractivity (Wildman–Crippen MR) is 60.5 cm³/mol. The number of nitrogens with one attached hydrogen (secondary N) is 2. The van der Waals surface area contributed by atoms with Crippen molar-refractivity contribution < 1.29 is 24.4 Å². The number of quaternary nitrogens is 1. The predicted octanol–water partition coefficient (Wildman–Crippen LogP) is -3.25. The van der Waals surface area contributed by atoms with Gasteiger partial charge in [-0.3, -0.25) is 10.1 Å². The molecule has 1 aliphatic heterocycles. The molecule has 1 atom stereocenters. The van der Waals surface area contributed by atoms with Gasteiger partial charge in [-0.1, -0.05) is 0 Å². The third-order valence-corrected chi connectivity index (χ3v) is 2.73. The van der Waals surface area contributed by atoms with Gasteiger partial charge in [-0.05, 0) is 6.08 Å². The molecule has 0 aliphatic carbocycles. The molecule has 0 saturated carbocycles. The van der Waals surface area contributed by atoms with E-state index >= 15 is 0 Å². The molecule has 3 amide bonds. The molecular formula is C11H17N3O4. The zero-order valence-corrected chi connectivity index (χ0v) is 10.3. The summed E-state index contributed by atoms with van der Waals surface area (Å²) in [5.41, 5.74) is 0. The van der Waals surface area contributed by atoms with Gasteiger partial charge < -0.3 is 19.7 Å². The molecule has 0 aromatic heterocycles. The summed E-state index contributed by atoms with van der Waals surface area (Å²) in [4.78, 5) is 35.9. The van der Waals surface area contributed by atoms with Crippen LogP contribution in [0, 0.1) is 0 Å². The molecule has 7 nitrogen and oxygen atoms in total. The van der Waals surface area contributed by atoms with Gasteiger partial charge in [0.25, 0.3) is 5.91 Å². The third-order valence-electron chi connectivity index (χ3n) is 2.73. The molecule has 18 heavy (non-hydrogen) atoms. The summed E-state index contributed by atoms with van der Waals surface area (Å²) in [6, 6.07) is -0.488. The van der Waals surface area contributed by atoms with E-state index in [4.69, 9.17) is 0 Å². The molecule has 1 saturated heterocycles. The lowest BCUT2D eigenvalue weighted by Crippen LogP contribution is -3.09. The largest absolute Gasteiger partial charge is 0.545 e. The van der Waals surface area contributed by atoms with E-state index in [9.17, 15) is 19.5 Å². The highest BCUT2D eigenvalue weighted by Gasteiger charge is 2.19. The highest BCUT2D eigenvalue weighted by atomic mass is 16.4. The first kappa shape index (κ1) is 14.2. The first-order valence-electron chi connectivity index (χ1n) is 5.79. The molecule has 1 unspecified atom stereocenters. The molecule has 0 bridgehead atoms. The fourth-order valence-corrected chi connectivity index (χ4v) is 1.71. The Hall–Kier alpha value is -1.89. The van der Waals surface area contributed by atoms with E-state index in [1.807, 2.05) is 0 Å². The number of nitrogens with zero attached hydrogens (tertiary/aromatic N) is 1. The van der Waals surface area contributed by atoms with E-state index < -0.39 is 17.9 Å². The summed E-state index contributed by atoms with van der Waals surface area (Å²) in [6.45, 7) is 2.99. The molecule has 2 N–H and O–H groups in total. The maximum atomic E-state index is 11.7. The van der Waals surface area contributed by atoms with Gasteiger partial charge in [0.1, 0.15) is 0 Å². The van der Waals surface area contributed by atoms with Gasteiger partial charge in [-0.15, -0.1) is 0 Å². The minimum Gasteiger partial charge on any atom is -0.545 e. The molecule has 7 heteroatoms. The number of carbonyl (C=O) groups is 3. The highest BCUT2D eigenvalue weighted by molar-refractivity contribution is 6.02. The quantitative estimate of drug-likeness (QED) is 0.507. The van der Waals surface area contributed by atoms with Crippen LogP contribution < -0.4 is 15.3 Å². The molecule has 0 spiro atoms. The molecule has 0 aromatic rings. The van der Waals surface area contributed by atoms with Crippen molar-refractivity contribution in [2.45, 2.75) is 6.42 Å². The zero-order valence-electron chi connectivity index (χ0n) is 10.3. The van der Waals surface area contributed by atoms with Gasteiger partial charge in [-0.2, -0.15) is 0 Å². The molecule has 100 valence electrons. The Morgan fingerprint density at radius 2 is 1.94 bits per heavy atom. The van der Waals surface area contributed by atoms with E-state index in [1.54, 1.807) is 4.90 Å². The zero-order chi connectivity index (χ0) is 13.5. The van der Waals surface area contributed by atoms with Crippen molar-refractivity contribution in [2.75, 3.05) is 33.2 Å². The van der Waals surface area contributed by atoms with Crippen molar-refractivity contribution in [3.8, 4) is 0 Å². The number of likely N-dealkylation sites (N-methyl/N-ethyl adjacent to an activating group) is 1. The second-order valence-electron chi connectivity index (χ2n) is 4.24. The van der Waals surface area contributed by atoms with Crippen LogP contribution in [-0.4, -0.2) is 56.0 Å². The lowest BCUT2D eigenvalue weighted by Gasteiger charge is -2.18. The number of urea groups is 1. The standard InChI is InChI=1S/C11H17N3O4/c1-13-5-2-6-14(8-7-13)11(18)12-9(15)3-4-10(16)17/h3-4H,2,5-8H2,1H3,(H,16,17)(H,12,15,18)/b4-3+. The van der Waals surface area contributed by atoms with Crippen LogP contribution in [-0.2, 0) is 9.59 Å². The lowest BCUT2D eigenvalue weighted by molar-refractivity contribution is -0.877. The van der Waals surface area contributed by atoms with Crippen LogP contribution in [0.4, 0.5) is 4.79 Å². The monoisotopic (exact) mass is 255 g/mol. The van der Waals surface area contributed by atoms with Crippen molar-refractivity contribution in [3.05, 3.63) is 12.2 Å². The Morgan fingerprint density at radius 3 is 2.61 bits per heavy atom. The topological polar surface area (TPSA) is 94.0 Å². The van der Waals surface area contributed by atoms with Gasteiger partial charge in [0, 0.05) is 19.0 Å². The summed E-state index contributed by atoms with van der Waals surface area (Å²) in [5.74, 6) is -2.23. The van der Waals surface area contributed by atoms with E-state index in [0.29, 0.717) is 19.2 Å². The van der Waals surface area contributed by atoms with E-state index in [0.717, 1.165) is 25.6 Å². The molecule has 1 heterocycles. The Kier molecular flexibility index (Phi) is 5.31. The maximum absolute atomic E-state index is 11.7. The minimum absolute atomic E-state index is 0.488. The van der Waals surface area contributed by atoms with Crippen molar-refractivity contribution in [3.63, 3.8) is 0 Å². The van der Waals surface area contributed by atoms with Crippen LogP contribution in [0.2, 0.25) is 0 Å². The van der Waals surface area contributed by atoms with Gasteiger partial charge in [0.05, 0.1) is 32.7 Å². The number of carboxylic acids is 1. The number of rotatable bonds is 2. The average Bonchev–Trinajstić information content (AvgIpc) is 2.51. The molecular weight excluding hydrogens is 238 g/mol. The molecule has 1 rings (SSSR count). The summed E-state index contributed by atoms with van der Waals surface area (Å²) >= 11 is 0. The highest BCUT2D eigenvalue weighted by Crippen LogP contribution is 1.93. The van der Waals surface area contributed by atoms with Gasteiger partial charge in [0.15, 0.2) is 0 Å². The van der Waals surface area contributed by atoms with E-state index in [1.165, 1.54) is 4.90 Å².